The van der Waals surface area contributed by atoms with Gasteiger partial charge in [-0.3, -0.25) is 9.59 Å². The molecule has 0 saturated carbocycles. The normalized spacial score (nSPS) is 20.6. The van der Waals surface area contributed by atoms with E-state index in [0.29, 0.717) is 38.7 Å². The van der Waals surface area contributed by atoms with Crippen LogP contribution in [0.2, 0.25) is 25.7 Å². The molecule has 0 aliphatic heterocycles. The van der Waals surface area contributed by atoms with Gasteiger partial charge < -0.3 is 19.9 Å². The van der Waals surface area contributed by atoms with Gasteiger partial charge in [-0.25, -0.2) is 4.79 Å². The van der Waals surface area contributed by atoms with Gasteiger partial charge in [-0.1, -0.05) is 84.0 Å². The summed E-state index contributed by atoms with van der Waals surface area (Å²) in [6.07, 6.45) is 12.0. The van der Waals surface area contributed by atoms with Crippen molar-refractivity contribution in [2.24, 2.45) is 5.92 Å². The molecule has 7 nitrogen and oxygen atoms in total. The fourth-order valence-corrected chi connectivity index (χ4v) is 5.30. The van der Waals surface area contributed by atoms with Gasteiger partial charge in [-0.2, -0.15) is 0 Å². The van der Waals surface area contributed by atoms with Crippen molar-refractivity contribution in [3.8, 4) is 0 Å². The number of allylic oxidation sites excluding steroid dienone is 1. The molecule has 1 aliphatic rings. The van der Waals surface area contributed by atoms with Crippen LogP contribution in [0.1, 0.15) is 84.0 Å². The van der Waals surface area contributed by atoms with E-state index >= 15 is 0 Å². The zero-order valence-corrected chi connectivity index (χ0v) is 23.7. The number of nitrogens with one attached hydrogen (secondary N) is 1. The molecule has 0 saturated heterocycles. The quantitative estimate of drug-likeness (QED) is 0.137. The minimum Gasteiger partial charge on any atom is -0.469 e. The molecule has 35 heavy (non-hydrogen) atoms. The number of esters is 1. The number of aliphatic hydroxyl groups is 1. The van der Waals surface area contributed by atoms with E-state index in [4.69, 9.17) is 4.74 Å². The Morgan fingerprint density at radius 2 is 1.74 bits per heavy atom. The van der Waals surface area contributed by atoms with E-state index in [9.17, 15) is 19.5 Å². The number of alkyl carbamates (subject to hydrolysis) is 1. The number of ether oxygens (including phenoxy) is 2. The predicted molar refractivity (Wildman–Crippen MR) is 142 cm³/mol. The number of aliphatic hydroxyl groups excluding tert-OH is 1. The van der Waals surface area contributed by atoms with Crippen molar-refractivity contribution in [3.63, 3.8) is 0 Å². The fourth-order valence-electron chi connectivity index (χ4n) is 4.59. The number of hydrogen-bond donors (Lipinski definition) is 2. The van der Waals surface area contributed by atoms with Crippen LogP contribution >= 0.6 is 0 Å². The third-order valence-corrected chi connectivity index (χ3v) is 8.47. The summed E-state index contributed by atoms with van der Waals surface area (Å²) in [6, 6.07) is 0.872. The van der Waals surface area contributed by atoms with Crippen molar-refractivity contribution < 1.29 is 29.0 Å². The van der Waals surface area contributed by atoms with E-state index in [-0.39, 0.29) is 11.8 Å². The molecule has 2 unspecified atom stereocenters. The van der Waals surface area contributed by atoms with Gasteiger partial charge in [-0.05, 0) is 31.4 Å². The molecule has 1 rings (SSSR count). The van der Waals surface area contributed by atoms with Crippen molar-refractivity contribution in [1.82, 2.24) is 5.32 Å². The van der Waals surface area contributed by atoms with Crippen LogP contribution < -0.4 is 5.32 Å². The Balaban J connectivity index is 2.79. The molecule has 0 bridgehead atoms. The fraction of sp³-hybridized carbons (Fsp3) is 0.815. The summed E-state index contributed by atoms with van der Waals surface area (Å²) in [4.78, 5) is 36.9. The van der Waals surface area contributed by atoms with Crippen molar-refractivity contribution in [2.45, 2.75) is 121 Å². The van der Waals surface area contributed by atoms with Crippen LogP contribution in [0.5, 0.6) is 0 Å². The summed E-state index contributed by atoms with van der Waals surface area (Å²) >= 11 is 0. The molecule has 1 aliphatic carbocycles. The first-order valence-corrected chi connectivity index (χ1v) is 17.2. The van der Waals surface area contributed by atoms with Crippen LogP contribution in [0.15, 0.2) is 12.2 Å². The van der Waals surface area contributed by atoms with E-state index in [1.165, 1.54) is 32.4 Å². The maximum absolute atomic E-state index is 12.9. The highest BCUT2D eigenvalue weighted by Crippen LogP contribution is 2.36. The monoisotopic (exact) mass is 511 g/mol. The second kappa shape index (κ2) is 16.1. The van der Waals surface area contributed by atoms with Crippen molar-refractivity contribution in [2.75, 3.05) is 13.7 Å². The van der Waals surface area contributed by atoms with Crippen LogP contribution in [-0.4, -0.2) is 56.4 Å². The molecule has 8 heteroatoms. The molecule has 202 valence electrons. The Bertz CT molecular complexity index is 690. The van der Waals surface area contributed by atoms with E-state index in [1.54, 1.807) is 6.08 Å². The predicted octanol–water partition coefficient (Wildman–Crippen LogP) is 5.78. The summed E-state index contributed by atoms with van der Waals surface area (Å²) in [5.74, 6) is -1.11. The average molecular weight is 512 g/mol. The van der Waals surface area contributed by atoms with E-state index in [1.807, 2.05) is 0 Å². The maximum Gasteiger partial charge on any atom is 0.407 e. The Morgan fingerprint density at radius 3 is 2.40 bits per heavy atom. The molecule has 0 radical (unpaired) electrons. The summed E-state index contributed by atoms with van der Waals surface area (Å²) in [5.41, 5.74) is -0.927. The zero-order valence-electron chi connectivity index (χ0n) is 22.7. The first-order valence-electron chi connectivity index (χ1n) is 13.5. The highest BCUT2D eigenvalue weighted by atomic mass is 28.3. The third-order valence-electron chi connectivity index (χ3n) is 6.76. The number of unbranched alkanes of at least 4 members (excludes halogenated alkanes) is 7. The number of hydrogen-bond acceptors (Lipinski definition) is 6. The Labute approximate surface area is 213 Å². The molecular weight excluding hydrogens is 462 g/mol. The number of carbonyl (C=O) groups excluding carboxylic acids is 3. The lowest BCUT2D eigenvalue weighted by molar-refractivity contribution is -0.140. The van der Waals surface area contributed by atoms with Crippen LogP contribution in [0, 0.1) is 5.92 Å². The first-order chi connectivity index (χ1) is 16.5. The molecule has 2 N–H and O–H groups in total. The minimum atomic E-state index is -1.34. The van der Waals surface area contributed by atoms with E-state index in [2.05, 4.69) is 36.6 Å². The summed E-state index contributed by atoms with van der Waals surface area (Å²) < 4.78 is 10.1. The molecule has 0 heterocycles. The smallest absolute Gasteiger partial charge is 0.407 e. The highest BCUT2D eigenvalue weighted by molar-refractivity contribution is 6.76. The minimum absolute atomic E-state index is 0.152. The lowest BCUT2D eigenvalue weighted by Crippen LogP contribution is -2.56. The number of rotatable bonds is 18. The summed E-state index contributed by atoms with van der Waals surface area (Å²) in [6.45, 7) is 9.22. The van der Waals surface area contributed by atoms with Crippen LogP contribution in [0.4, 0.5) is 4.79 Å². The summed E-state index contributed by atoms with van der Waals surface area (Å²) in [7, 11) is 0.0321. The zero-order chi connectivity index (χ0) is 26.3. The number of methoxy groups -OCH3 is 1. The van der Waals surface area contributed by atoms with Crippen LogP contribution in [0.3, 0.4) is 0 Å². The van der Waals surface area contributed by atoms with Crippen LogP contribution in [-0.2, 0) is 19.1 Å². The van der Waals surface area contributed by atoms with Crippen molar-refractivity contribution in [1.29, 1.82) is 0 Å². The lowest BCUT2D eigenvalue weighted by Gasteiger charge is -2.37. The largest absolute Gasteiger partial charge is 0.469 e. The Kier molecular flexibility index (Phi) is 14.5. The van der Waals surface area contributed by atoms with Gasteiger partial charge in [-0.15, -0.1) is 0 Å². The van der Waals surface area contributed by atoms with Crippen molar-refractivity contribution >= 4 is 25.9 Å². The van der Waals surface area contributed by atoms with Gasteiger partial charge in [0.1, 0.15) is 0 Å². The topological polar surface area (TPSA) is 102 Å². The van der Waals surface area contributed by atoms with Crippen LogP contribution in [0.25, 0.3) is 0 Å². The summed E-state index contributed by atoms with van der Waals surface area (Å²) in [5, 5.41) is 14.0. The van der Waals surface area contributed by atoms with Gasteiger partial charge >= 0.3 is 12.1 Å². The molecule has 0 fully saturated rings. The highest BCUT2D eigenvalue weighted by Gasteiger charge is 2.48. The molecule has 0 aromatic carbocycles. The molecule has 0 aromatic rings. The molecular formula is C27H49NO6Si. The third kappa shape index (κ3) is 12.2. The van der Waals surface area contributed by atoms with E-state index < -0.39 is 31.7 Å². The lowest BCUT2D eigenvalue weighted by atomic mass is 9.77. The molecule has 0 spiro atoms. The van der Waals surface area contributed by atoms with Gasteiger partial charge in [0.25, 0.3) is 0 Å². The standard InChI is InChI=1S/C27H49NO6Si/c1-6-7-8-9-10-14-18-27(28-26(32)34-20-21-35(3,4)5)19-17-23(30)25(27)22(29)15-12-11-13-16-24(31)33-2/h17,19,22,25,29H,6-16,18,20-21H2,1-5H3,(H,28,32)/t22?,25?,27-/m1/s1. The van der Waals surface area contributed by atoms with Crippen molar-refractivity contribution in [3.05, 3.63) is 12.2 Å². The Hall–Kier alpha value is -1.67. The van der Waals surface area contributed by atoms with Gasteiger partial charge in [0.05, 0.1) is 31.3 Å². The maximum atomic E-state index is 12.9. The first kappa shape index (κ1) is 31.4. The SMILES string of the molecule is CCCCCCCC[C@@]1(NC(=O)OCC[Si](C)(C)C)C=CC(=O)C1C(O)CCCCCC(=O)OC. The second-order valence-electron chi connectivity index (χ2n) is 11.1. The van der Waals surface area contributed by atoms with Gasteiger partial charge in [0.15, 0.2) is 5.78 Å². The molecule has 1 amide bonds. The number of amides is 1. The molecule has 3 atom stereocenters. The molecule has 0 aromatic heterocycles. The second-order valence-corrected chi connectivity index (χ2v) is 16.7. The number of ketones is 1. The van der Waals surface area contributed by atoms with E-state index in [0.717, 1.165) is 31.7 Å². The van der Waals surface area contributed by atoms with Gasteiger partial charge in [0.2, 0.25) is 0 Å². The Morgan fingerprint density at radius 1 is 1.09 bits per heavy atom. The van der Waals surface area contributed by atoms with Gasteiger partial charge in [0, 0.05) is 14.5 Å². The average Bonchev–Trinajstić information content (AvgIpc) is 3.10. The number of carbonyl (C=O) groups is 3.